The van der Waals surface area contributed by atoms with Crippen LogP contribution in [0.2, 0.25) is 0 Å². The van der Waals surface area contributed by atoms with E-state index < -0.39 is 5.63 Å². The van der Waals surface area contributed by atoms with E-state index >= 15 is 0 Å². The second kappa shape index (κ2) is 2.16. The van der Waals surface area contributed by atoms with E-state index in [0.29, 0.717) is 5.52 Å². The van der Waals surface area contributed by atoms with Crippen molar-refractivity contribution in [1.29, 1.82) is 0 Å². The summed E-state index contributed by atoms with van der Waals surface area (Å²) in [4.78, 5) is 18.1. The fraction of sp³-hybridized carbons (Fsp3) is 0. The fourth-order valence-corrected chi connectivity index (χ4v) is 0.755. The highest BCUT2D eigenvalue weighted by molar-refractivity contribution is 5.65. The molecule has 0 saturated carbocycles. The zero-order valence-electron chi connectivity index (χ0n) is 5.44. The van der Waals surface area contributed by atoms with Crippen LogP contribution in [0, 0.1) is 6.07 Å². The highest BCUT2D eigenvalue weighted by Crippen LogP contribution is 2.01. The molecule has 0 unspecified atom stereocenters. The molecule has 2 rings (SSSR count). The van der Waals surface area contributed by atoms with Crippen LogP contribution in [0.4, 0.5) is 0 Å². The Morgan fingerprint density at radius 1 is 1.45 bits per heavy atom. The Balaban J connectivity index is 2.94. The molecule has 2 aromatic rings. The fourth-order valence-electron chi connectivity index (χ4n) is 0.755. The molecule has 53 valence electrons. The molecule has 0 aliphatic carbocycles. The average molecular weight is 147 g/mol. The molecule has 0 saturated heterocycles. The van der Waals surface area contributed by atoms with Gasteiger partial charge in [0.1, 0.15) is 11.7 Å². The molecule has 2 heterocycles. The lowest BCUT2D eigenvalue weighted by molar-refractivity contribution is 0.543. The molecule has 0 aliphatic rings. The minimum atomic E-state index is -0.490. The zero-order chi connectivity index (χ0) is 7.68. The van der Waals surface area contributed by atoms with Gasteiger partial charge in [-0.2, -0.15) is 0 Å². The lowest BCUT2D eigenvalue weighted by Crippen LogP contribution is -1.98. The van der Waals surface area contributed by atoms with Crippen molar-refractivity contribution >= 4 is 11.2 Å². The van der Waals surface area contributed by atoms with Crippen LogP contribution < -0.4 is 5.63 Å². The summed E-state index contributed by atoms with van der Waals surface area (Å²) in [6.07, 6.45) is 2.53. The highest BCUT2D eigenvalue weighted by atomic mass is 16.4. The molecule has 1 radical (unpaired) electrons. The molecule has 0 amide bonds. The Bertz CT molecular complexity index is 435. The highest BCUT2D eigenvalue weighted by Gasteiger charge is 1.95. The van der Waals surface area contributed by atoms with Crippen LogP contribution in [0.15, 0.2) is 27.7 Å². The third-order valence-corrected chi connectivity index (χ3v) is 1.20. The summed E-state index contributed by atoms with van der Waals surface area (Å²) in [6.45, 7) is 0. The van der Waals surface area contributed by atoms with E-state index in [-0.39, 0.29) is 5.71 Å². The van der Waals surface area contributed by atoms with Crippen molar-refractivity contribution in [2.75, 3.05) is 0 Å². The topological polar surface area (TPSA) is 56.0 Å². The van der Waals surface area contributed by atoms with Gasteiger partial charge in [0.2, 0.25) is 5.71 Å². The number of hydrogen-bond donors (Lipinski definition) is 0. The van der Waals surface area contributed by atoms with E-state index in [1.54, 1.807) is 6.07 Å². The lowest BCUT2D eigenvalue weighted by Gasteiger charge is -1.89. The Morgan fingerprint density at radius 2 is 2.36 bits per heavy atom. The van der Waals surface area contributed by atoms with Gasteiger partial charge >= 0.3 is 5.63 Å². The standard InChI is InChI=1S/C7H3N2O2/c10-6-4-9-5-2-1-3-8-7(5)11-6/h2-4H. The Hall–Kier alpha value is -1.71. The average Bonchev–Trinajstić information content (AvgIpc) is 2.04. The minimum Gasteiger partial charge on any atom is -0.401 e. The number of pyridine rings is 1. The summed E-state index contributed by atoms with van der Waals surface area (Å²) < 4.78 is 4.71. The van der Waals surface area contributed by atoms with E-state index in [4.69, 9.17) is 4.42 Å². The van der Waals surface area contributed by atoms with Crippen molar-refractivity contribution in [3.05, 3.63) is 34.9 Å². The quantitative estimate of drug-likeness (QED) is 0.540. The van der Waals surface area contributed by atoms with Crippen LogP contribution in [0.3, 0.4) is 0 Å². The minimum absolute atomic E-state index is 0.247. The van der Waals surface area contributed by atoms with Gasteiger partial charge in [-0.3, -0.25) is 0 Å². The smallest absolute Gasteiger partial charge is 0.356 e. The van der Waals surface area contributed by atoms with E-state index in [1.807, 2.05) is 0 Å². The maximum Gasteiger partial charge on any atom is 0.356 e. The van der Waals surface area contributed by atoms with E-state index in [2.05, 4.69) is 16.0 Å². The monoisotopic (exact) mass is 147 g/mol. The second-order valence-electron chi connectivity index (χ2n) is 1.94. The van der Waals surface area contributed by atoms with Crippen molar-refractivity contribution in [3.63, 3.8) is 0 Å². The molecule has 0 aliphatic heterocycles. The van der Waals surface area contributed by atoms with Crippen LogP contribution in [-0.4, -0.2) is 9.97 Å². The van der Waals surface area contributed by atoms with Crippen molar-refractivity contribution in [2.45, 2.75) is 0 Å². The van der Waals surface area contributed by atoms with Crippen molar-refractivity contribution in [3.8, 4) is 0 Å². The third-order valence-electron chi connectivity index (χ3n) is 1.20. The maximum absolute atomic E-state index is 10.6. The van der Waals surface area contributed by atoms with Gasteiger partial charge in [0.15, 0.2) is 0 Å². The first kappa shape index (κ1) is 6.03. The molecule has 11 heavy (non-hydrogen) atoms. The van der Waals surface area contributed by atoms with Gasteiger partial charge in [-0.1, -0.05) is 0 Å². The molecule has 4 nitrogen and oxygen atoms in total. The summed E-state index contributed by atoms with van der Waals surface area (Å²) >= 11 is 0. The van der Waals surface area contributed by atoms with E-state index in [0.717, 1.165) is 6.20 Å². The number of aromatic nitrogens is 2. The summed E-state index contributed by atoms with van der Waals surface area (Å²) in [7, 11) is 0. The van der Waals surface area contributed by atoms with Gasteiger partial charge in [-0.05, 0) is 6.07 Å². The molecule has 0 bridgehead atoms. The van der Waals surface area contributed by atoms with Crippen LogP contribution in [-0.2, 0) is 0 Å². The van der Waals surface area contributed by atoms with Crippen molar-refractivity contribution in [2.24, 2.45) is 0 Å². The van der Waals surface area contributed by atoms with E-state index in [1.165, 1.54) is 6.20 Å². The number of hydrogen-bond acceptors (Lipinski definition) is 4. The Labute approximate surface area is 61.5 Å². The second-order valence-corrected chi connectivity index (χ2v) is 1.94. The van der Waals surface area contributed by atoms with E-state index in [9.17, 15) is 4.79 Å². The van der Waals surface area contributed by atoms with Crippen LogP contribution in [0.25, 0.3) is 11.2 Å². The zero-order valence-corrected chi connectivity index (χ0v) is 5.44. The molecular formula is C7H3N2O2. The first-order valence-corrected chi connectivity index (χ1v) is 2.98. The van der Waals surface area contributed by atoms with Crippen molar-refractivity contribution < 1.29 is 4.42 Å². The summed E-state index contributed by atoms with van der Waals surface area (Å²) in [5.74, 6) is 0. The maximum atomic E-state index is 10.6. The molecular weight excluding hydrogens is 144 g/mol. The normalized spacial score (nSPS) is 10.2. The number of nitrogens with zero attached hydrogens (tertiary/aromatic N) is 2. The molecule has 0 aromatic carbocycles. The molecule has 0 N–H and O–H groups in total. The summed E-state index contributed by atoms with van der Waals surface area (Å²) in [5, 5.41) is 0. The predicted octanol–water partition coefficient (Wildman–Crippen LogP) is 0.383. The number of rotatable bonds is 0. The third kappa shape index (κ3) is 0.980. The van der Waals surface area contributed by atoms with Gasteiger partial charge in [-0.25, -0.2) is 14.8 Å². The molecule has 4 heteroatoms. The summed E-state index contributed by atoms with van der Waals surface area (Å²) in [5.41, 5.74) is 0.291. The first-order chi connectivity index (χ1) is 5.36. The summed E-state index contributed by atoms with van der Waals surface area (Å²) in [6, 6.07) is 4.32. The van der Waals surface area contributed by atoms with Crippen LogP contribution in [0.1, 0.15) is 0 Å². The Morgan fingerprint density at radius 3 is 3.27 bits per heavy atom. The SMILES string of the molecule is O=c1cnc2c[c]cnc2o1. The molecule has 2 aromatic heterocycles. The molecule has 0 spiro atoms. The van der Waals surface area contributed by atoms with Gasteiger partial charge in [0, 0.05) is 12.3 Å². The van der Waals surface area contributed by atoms with Gasteiger partial charge < -0.3 is 4.42 Å². The van der Waals surface area contributed by atoms with Gasteiger partial charge in [0.05, 0.1) is 0 Å². The van der Waals surface area contributed by atoms with Gasteiger partial charge in [-0.15, -0.1) is 0 Å². The lowest BCUT2D eigenvalue weighted by atomic mass is 10.4. The van der Waals surface area contributed by atoms with Crippen LogP contribution in [0.5, 0.6) is 0 Å². The molecule has 0 fully saturated rings. The largest absolute Gasteiger partial charge is 0.401 e. The molecule has 0 atom stereocenters. The van der Waals surface area contributed by atoms with Crippen LogP contribution >= 0.6 is 0 Å². The number of fused-ring (bicyclic) bond motifs is 1. The Kier molecular flexibility index (Phi) is 1.18. The predicted molar refractivity (Wildman–Crippen MR) is 36.9 cm³/mol. The van der Waals surface area contributed by atoms with Crippen molar-refractivity contribution in [1.82, 2.24) is 9.97 Å². The first-order valence-electron chi connectivity index (χ1n) is 2.98. The van der Waals surface area contributed by atoms with Gasteiger partial charge in [0.25, 0.3) is 0 Å².